The third-order valence-electron chi connectivity index (χ3n) is 11.9. The summed E-state index contributed by atoms with van der Waals surface area (Å²) in [4.78, 5) is 0. The molecule has 4 saturated carbocycles. The van der Waals surface area contributed by atoms with Crippen molar-refractivity contribution in [3.05, 3.63) is 0 Å². The number of rotatable bonds is 0. The van der Waals surface area contributed by atoms with Gasteiger partial charge in [-0.1, -0.05) is 27.7 Å². The summed E-state index contributed by atoms with van der Waals surface area (Å²) in [5.41, 5.74) is 0.899. The van der Waals surface area contributed by atoms with Crippen molar-refractivity contribution in [3.8, 4) is 0 Å². The van der Waals surface area contributed by atoms with E-state index in [4.69, 9.17) is 9.47 Å². The van der Waals surface area contributed by atoms with Crippen molar-refractivity contribution < 1.29 is 14.6 Å². The van der Waals surface area contributed by atoms with Crippen LogP contribution in [0.5, 0.6) is 0 Å². The van der Waals surface area contributed by atoms with Crippen molar-refractivity contribution in [2.75, 3.05) is 6.61 Å². The molecule has 6 rings (SSSR count). The standard InChI is InChI=1S/C27H44O3/c1-16-7-12-27(29-15-16)17(2)24-23(30-27)14-22-20-6-5-18-13-19(28)8-10-25(18,3)21(20)9-11-26(22,24)4/h16-24,28H,5-15H2,1-4H3/t16-,17-,18-,19-,20+,21-,22+,23+,24+,25-,26-,27+/m0/s1. The summed E-state index contributed by atoms with van der Waals surface area (Å²) in [7, 11) is 0. The molecule has 0 aromatic rings. The van der Waals surface area contributed by atoms with E-state index in [0.29, 0.717) is 34.7 Å². The highest BCUT2D eigenvalue weighted by Gasteiger charge is 2.69. The predicted octanol–water partition coefficient (Wildman–Crippen LogP) is 5.79. The molecule has 0 bridgehead atoms. The molecule has 2 saturated heterocycles. The fourth-order valence-corrected chi connectivity index (χ4v) is 10.3. The average Bonchev–Trinajstić information content (AvgIpc) is 3.16. The lowest BCUT2D eigenvalue weighted by Gasteiger charge is -2.61. The van der Waals surface area contributed by atoms with Gasteiger partial charge in [0.15, 0.2) is 5.79 Å². The predicted molar refractivity (Wildman–Crippen MR) is 118 cm³/mol. The smallest absolute Gasteiger partial charge is 0.171 e. The Kier molecular flexibility index (Phi) is 4.58. The van der Waals surface area contributed by atoms with Gasteiger partial charge < -0.3 is 14.6 Å². The average molecular weight is 417 g/mol. The van der Waals surface area contributed by atoms with E-state index in [1.54, 1.807) is 0 Å². The highest BCUT2D eigenvalue weighted by Crippen LogP contribution is 2.71. The molecule has 0 amide bonds. The van der Waals surface area contributed by atoms with E-state index in [9.17, 15) is 5.11 Å². The van der Waals surface area contributed by atoms with E-state index in [-0.39, 0.29) is 11.9 Å². The van der Waals surface area contributed by atoms with E-state index in [2.05, 4.69) is 27.7 Å². The highest BCUT2D eigenvalue weighted by molar-refractivity contribution is 5.15. The van der Waals surface area contributed by atoms with Gasteiger partial charge in [0, 0.05) is 12.3 Å². The van der Waals surface area contributed by atoms with Gasteiger partial charge in [-0.25, -0.2) is 0 Å². The van der Waals surface area contributed by atoms with E-state index >= 15 is 0 Å². The fraction of sp³-hybridized carbons (Fsp3) is 1.00. The molecule has 170 valence electrons. The molecular weight excluding hydrogens is 372 g/mol. The first-order chi connectivity index (χ1) is 14.3. The Labute approximate surface area is 183 Å². The maximum Gasteiger partial charge on any atom is 0.171 e. The van der Waals surface area contributed by atoms with Crippen molar-refractivity contribution >= 4 is 0 Å². The Morgan fingerprint density at radius 3 is 2.40 bits per heavy atom. The van der Waals surface area contributed by atoms with Gasteiger partial charge in [-0.05, 0) is 104 Å². The van der Waals surface area contributed by atoms with Gasteiger partial charge in [0.05, 0.1) is 18.8 Å². The Balaban J connectivity index is 1.26. The molecular formula is C27H44O3. The summed E-state index contributed by atoms with van der Waals surface area (Å²) in [5.74, 6) is 4.93. The second-order valence-corrected chi connectivity index (χ2v) is 13.1. The van der Waals surface area contributed by atoms with E-state index < -0.39 is 0 Å². The fourth-order valence-electron chi connectivity index (χ4n) is 10.3. The molecule has 0 aromatic carbocycles. The Bertz CT molecular complexity index is 684. The van der Waals surface area contributed by atoms with E-state index in [0.717, 1.165) is 49.5 Å². The topological polar surface area (TPSA) is 38.7 Å². The molecule has 1 spiro atoms. The second-order valence-electron chi connectivity index (χ2n) is 13.1. The van der Waals surface area contributed by atoms with Crippen LogP contribution in [0.25, 0.3) is 0 Å². The van der Waals surface area contributed by atoms with Crippen molar-refractivity contribution in [2.45, 2.75) is 110 Å². The molecule has 2 aliphatic heterocycles. The summed E-state index contributed by atoms with van der Waals surface area (Å²) in [6, 6.07) is 0. The molecule has 3 nitrogen and oxygen atoms in total. The third-order valence-corrected chi connectivity index (χ3v) is 11.9. The van der Waals surface area contributed by atoms with E-state index in [1.165, 1.54) is 44.9 Å². The van der Waals surface area contributed by atoms with Gasteiger partial charge in [-0.15, -0.1) is 0 Å². The molecule has 1 N–H and O–H groups in total. The largest absolute Gasteiger partial charge is 0.393 e. The number of ether oxygens (including phenoxy) is 2. The molecule has 4 aliphatic carbocycles. The maximum atomic E-state index is 10.3. The number of fused-ring (bicyclic) bond motifs is 7. The van der Waals surface area contributed by atoms with Crippen molar-refractivity contribution in [1.82, 2.24) is 0 Å². The first-order valence-corrected chi connectivity index (χ1v) is 13.3. The lowest BCUT2D eigenvalue weighted by molar-refractivity contribution is -0.273. The van der Waals surface area contributed by atoms with Crippen LogP contribution in [0.2, 0.25) is 0 Å². The normalized spacial score (nSPS) is 62.5. The Hall–Kier alpha value is -0.120. The van der Waals surface area contributed by atoms with Gasteiger partial charge in [0.1, 0.15) is 0 Å². The van der Waals surface area contributed by atoms with Crippen LogP contribution in [0.3, 0.4) is 0 Å². The third kappa shape index (κ3) is 2.61. The van der Waals surface area contributed by atoms with Gasteiger partial charge in [0.2, 0.25) is 0 Å². The zero-order valence-corrected chi connectivity index (χ0v) is 19.7. The Morgan fingerprint density at radius 1 is 0.833 bits per heavy atom. The molecule has 30 heavy (non-hydrogen) atoms. The molecule has 3 heteroatoms. The van der Waals surface area contributed by atoms with Crippen LogP contribution < -0.4 is 0 Å². The van der Waals surface area contributed by atoms with Crippen molar-refractivity contribution in [2.24, 2.45) is 52.3 Å². The molecule has 0 unspecified atom stereocenters. The summed E-state index contributed by atoms with van der Waals surface area (Å²) in [5, 5.41) is 10.3. The number of hydrogen-bond donors (Lipinski definition) is 1. The van der Waals surface area contributed by atoms with Gasteiger partial charge in [-0.2, -0.15) is 0 Å². The molecule has 6 fully saturated rings. The first kappa shape index (κ1) is 20.5. The lowest BCUT2D eigenvalue weighted by Crippen LogP contribution is -2.55. The summed E-state index contributed by atoms with van der Waals surface area (Å²) in [6.07, 6.45) is 12.9. The van der Waals surface area contributed by atoms with Crippen LogP contribution in [-0.2, 0) is 9.47 Å². The summed E-state index contributed by atoms with van der Waals surface area (Å²) >= 11 is 0. The first-order valence-electron chi connectivity index (χ1n) is 13.3. The minimum Gasteiger partial charge on any atom is -0.393 e. The minimum absolute atomic E-state index is 0.0389. The molecule has 2 heterocycles. The zero-order valence-electron chi connectivity index (χ0n) is 19.7. The maximum absolute atomic E-state index is 10.3. The number of aliphatic hydroxyl groups excluding tert-OH is 1. The summed E-state index contributed by atoms with van der Waals surface area (Å²) < 4.78 is 13.4. The van der Waals surface area contributed by atoms with Crippen LogP contribution in [-0.4, -0.2) is 29.7 Å². The molecule has 12 atom stereocenters. The molecule has 6 aliphatic rings. The van der Waals surface area contributed by atoms with Crippen LogP contribution in [0.4, 0.5) is 0 Å². The van der Waals surface area contributed by atoms with Gasteiger partial charge in [0.25, 0.3) is 0 Å². The van der Waals surface area contributed by atoms with Gasteiger partial charge >= 0.3 is 0 Å². The second kappa shape index (κ2) is 6.70. The van der Waals surface area contributed by atoms with Crippen molar-refractivity contribution in [3.63, 3.8) is 0 Å². The summed E-state index contributed by atoms with van der Waals surface area (Å²) in [6.45, 7) is 10.9. The Morgan fingerprint density at radius 2 is 1.63 bits per heavy atom. The van der Waals surface area contributed by atoms with Crippen LogP contribution >= 0.6 is 0 Å². The number of hydrogen-bond acceptors (Lipinski definition) is 3. The van der Waals surface area contributed by atoms with E-state index in [1.807, 2.05) is 0 Å². The zero-order chi connectivity index (χ0) is 20.9. The monoisotopic (exact) mass is 416 g/mol. The lowest BCUT2D eigenvalue weighted by atomic mass is 9.44. The SMILES string of the molecule is C[C@H]1CC[C@@]2(OC1)O[C@@H]1C[C@@H]3[C@@H]4CC[C@H]5C[C@@H](O)CC[C@]5(C)[C@H]4CC[C@]3(C)[C@@H]1[C@@H]2C. The molecule has 0 aromatic heterocycles. The van der Waals surface area contributed by atoms with Crippen LogP contribution in [0, 0.1) is 52.3 Å². The highest BCUT2D eigenvalue weighted by atomic mass is 16.7. The number of aliphatic hydroxyl groups is 1. The molecule has 0 radical (unpaired) electrons. The van der Waals surface area contributed by atoms with Crippen molar-refractivity contribution in [1.29, 1.82) is 0 Å². The quantitative estimate of drug-likeness (QED) is 0.543. The van der Waals surface area contributed by atoms with Gasteiger partial charge in [-0.3, -0.25) is 0 Å². The minimum atomic E-state index is -0.282. The van der Waals surface area contributed by atoms with Crippen LogP contribution in [0.1, 0.15) is 91.9 Å². The van der Waals surface area contributed by atoms with Crippen LogP contribution in [0.15, 0.2) is 0 Å².